The van der Waals surface area contributed by atoms with Gasteiger partial charge in [-0.3, -0.25) is 9.89 Å². The number of nitrogens with one attached hydrogen (secondary N) is 1. The number of carbonyl (C=O) groups is 1. The van der Waals surface area contributed by atoms with Crippen LogP contribution in [0.4, 0.5) is 26.3 Å². The van der Waals surface area contributed by atoms with Gasteiger partial charge in [0.1, 0.15) is 11.0 Å². The highest BCUT2D eigenvalue weighted by Crippen LogP contribution is 2.44. The fraction of sp³-hybridized carbons (Fsp3) is 0.214. The fourth-order valence-electron chi connectivity index (χ4n) is 2.05. The summed E-state index contributed by atoms with van der Waals surface area (Å²) in [6.45, 7) is 0. The van der Waals surface area contributed by atoms with Crippen molar-refractivity contribution in [3.8, 4) is 11.9 Å². The van der Waals surface area contributed by atoms with E-state index >= 15 is 0 Å². The van der Waals surface area contributed by atoms with Gasteiger partial charge < -0.3 is 10.5 Å². The number of aromatic nitrogens is 2. The number of ether oxygens (including phenoxy) is 1. The van der Waals surface area contributed by atoms with Gasteiger partial charge in [-0.1, -0.05) is 23.2 Å². The molecular formula is C14H6Cl2F6N4O2S. The second kappa shape index (κ2) is 8.21. The Bertz CT molecular complexity index is 963. The number of nitriles is 1. The van der Waals surface area contributed by atoms with Gasteiger partial charge in [0.05, 0.1) is 15.6 Å². The lowest BCUT2D eigenvalue weighted by Gasteiger charge is -2.19. The highest BCUT2D eigenvalue weighted by Gasteiger charge is 2.37. The smallest absolute Gasteiger partial charge is 0.446 e. The fourth-order valence-corrected chi connectivity index (χ4v) is 3.34. The Labute approximate surface area is 171 Å². The number of primary amides is 1. The van der Waals surface area contributed by atoms with Crippen molar-refractivity contribution in [2.75, 3.05) is 0 Å². The van der Waals surface area contributed by atoms with Gasteiger partial charge in [0.15, 0.2) is 5.69 Å². The molecule has 1 atom stereocenters. The van der Waals surface area contributed by atoms with Gasteiger partial charge in [-0.05, 0) is 23.9 Å². The Balaban J connectivity index is 2.53. The Morgan fingerprint density at radius 3 is 2.21 bits per heavy atom. The SMILES string of the molecule is N#Cc1[nH]nc(OC(C(N)=O)c2c(Cl)cc(C(F)(F)F)cc2Cl)c1SC(F)(F)F. The Morgan fingerprint density at radius 2 is 1.79 bits per heavy atom. The Morgan fingerprint density at radius 1 is 1.24 bits per heavy atom. The number of hydrogen-bond donors (Lipinski definition) is 2. The molecule has 29 heavy (non-hydrogen) atoms. The normalized spacial score (nSPS) is 13.1. The summed E-state index contributed by atoms with van der Waals surface area (Å²) in [4.78, 5) is 11.0. The molecule has 156 valence electrons. The van der Waals surface area contributed by atoms with Crippen LogP contribution < -0.4 is 10.5 Å². The summed E-state index contributed by atoms with van der Waals surface area (Å²) in [6, 6.07) is 2.30. The average Bonchev–Trinajstić information content (AvgIpc) is 2.92. The van der Waals surface area contributed by atoms with E-state index < -0.39 is 73.1 Å². The predicted molar refractivity (Wildman–Crippen MR) is 89.2 cm³/mol. The second-order valence-electron chi connectivity index (χ2n) is 5.14. The van der Waals surface area contributed by atoms with Crippen LogP contribution in [0.5, 0.6) is 5.88 Å². The zero-order valence-electron chi connectivity index (χ0n) is 13.5. The highest BCUT2D eigenvalue weighted by molar-refractivity contribution is 8.00. The number of benzene rings is 1. The van der Waals surface area contributed by atoms with Crippen LogP contribution in [0.2, 0.25) is 10.0 Å². The lowest BCUT2D eigenvalue weighted by Crippen LogP contribution is -2.27. The third-order valence-corrected chi connectivity index (χ3v) is 4.62. The summed E-state index contributed by atoms with van der Waals surface area (Å²) in [6.07, 6.45) is -6.81. The van der Waals surface area contributed by atoms with Crippen molar-refractivity contribution in [1.82, 2.24) is 10.2 Å². The quantitative estimate of drug-likeness (QED) is 0.473. The molecule has 1 unspecified atom stereocenters. The van der Waals surface area contributed by atoms with E-state index in [1.165, 1.54) is 6.07 Å². The lowest BCUT2D eigenvalue weighted by atomic mass is 10.1. The van der Waals surface area contributed by atoms with Gasteiger partial charge in [-0.25, -0.2) is 0 Å². The van der Waals surface area contributed by atoms with E-state index in [1.807, 2.05) is 5.10 Å². The molecule has 0 aliphatic heterocycles. The number of rotatable bonds is 5. The summed E-state index contributed by atoms with van der Waals surface area (Å²) in [7, 11) is 0. The van der Waals surface area contributed by atoms with E-state index in [0.29, 0.717) is 12.1 Å². The van der Waals surface area contributed by atoms with Crippen molar-refractivity contribution in [2.45, 2.75) is 22.7 Å². The van der Waals surface area contributed by atoms with Gasteiger partial charge in [-0.15, -0.1) is 5.10 Å². The molecule has 0 spiro atoms. The van der Waals surface area contributed by atoms with Crippen molar-refractivity contribution >= 4 is 40.9 Å². The number of hydrogen-bond acceptors (Lipinski definition) is 5. The van der Waals surface area contributed by atoms with Crippen molar-refractivity contribution < 1.29 is 35.9 Å². The van der Waals surface area contributed by atoms with E-state index in [1.54, 1.807) is 0 Å². The van der Waals surface area contributed by atoms with Gasteiger partial charge in [-0.2, -0.15) is 31.6 Å². The van der Waals surface area contributed by atoms with Crippen LogP contribution in [0.25, 0.3) is 0 Å². The lowest BCUT2D eigenvalue weighted by molar-refractivity contribution is -0.137. The molecule has 0 saturated carbocycles. The van der Waals surface area contributed by atoms with Crippen molar-refractivity contribution in [1.29, 1.82) is 5.26 Å². The molecule has 1 aromatic heterocycles. The molecule has 0 aliphatic rings. The van der Waals surface area contributed by atoms with Crippen molar-refractivity contribution in [3.63, 3.8) is 0 Å². The first-order valence-electron chi connectivity index (χ1n) is 7.01. The maximum absolute atomic E-state index is 12.8. The zero-order valence-corrected chi connectivity index (χ0v) is 15.8. The molecule has 15 heteroatoms. The van der Waals surface area contributed by atoms with E-state index in [4.69, 9.17) is 38.9 Å². The molecule has 2 rings (SSSR count). The third-order valence-electron chi connectivity index (χ3n) is 3.18. The number of nitrogens with zero attached hydrogens (tertiary/aromatic N) is 2. The monoisotopic (exact) mass is 478 g/mol. The van der Waals surface area contributed by atoms with Gasteiger partial charge in [0.25, 0.3) is 5.91 Å². The van der Waals surface area contributed by atoms with Crippen LogP contribution in [0, 0.1) is 11.3 Å². The maximum Gasteiger partial charge on any atom is 0.446 e. The van der Waals surface area contributed by atoms with Gasteiger partial charge >= 0.3 is 11.7 Å². The number of thioether (sulfide) groups is 1. The highest BCUT2D eigenvalue weighted by atomic mass is 35.5. The standard InChI is InChI=1S/C14H6Cl2F6N4O2S/c15-5-1-4(13(17,18)19)2-6(16)8(5)9(11(24)27)28-12-10(29-14(20,21)22)7(3-23)25-26-12/h1-2,9H,(H2,24,27)(H,25,26). The Kier molecular flexibility index (Phi) is 6.51. The van der Waals surface area contributed by atoms with Gasteiger partial charge in [0, 0.05) is 5.56 Å². The van der Waals surface area contributed by atoms with E-state index in [-0.39, 0.29) is 0 Å². The molecule has 0 fully saturated rings. The molecule has 3 N–H and O–H groups in total. The number of nitrogens with two attached hydrogens (primary N) is 1. The summed E-state index contributed by atoms with van der Waals surface area (Å²) >= 11 is 10.8. The number of amides is 1. The van der Waals surface area contributed by atoms with E-state index in [2.05, 4.69) is 5.10 Å². The maximum atomic E-state index is 12.8. The van der Waals surface area contributed by atoms with Crippen LogP contribution in [0.15, 0.2) is 17.0 Å². The minimum absolute atomic E-state index is 0.443. The molecule has 2 aromatic rings. The average molecular weight is 479 g/mol. The number of carbonyl (C=O) groups excluding carboxylic acids is 1. The summed E-state index contributed by atoms with van der Waals surface area (Å²) in [5, 5.41) is 12.9. The largest absolute Gasteiger partial charge is 0.457 e. The number of halogens is 8. The minimum Gasteiger partial charge on any atom is -0.457 e. The molecule has 0 bridgehead atoms. The van der Waals surface area contributed by atoms with Crippen molar-refractivity contribution in [3.05, 3.63) is 39.0 Å². The number of alkyl halides is 6. The number of aromatic amines is 1. The molecule has 1 aromatic carbocycles. The van der Waals surface area contributed by atoms with Crippen LogP contribution in [0.3, 0.4) is 0 Å². The van der Waals surface area contributed by atoms with Crippen LogP contribution in [-0.4, -0.2) is 21.6 Å². The third kappa shape index (κ3) is 5.40. The topological polar surface area (TPSA) is 105 Å². The first-order valence-corrected chi connectivity index (χ1v) is 8.58. The minimum atomic E-state index is -4.85. The molecular weight excluding hydrogens is 473 g/mol. The summed E-state index contributed by atoms with van der Waals surface area (Å²) < 4.78 is 81.8. The Hall–Kier alpha value is -2.30. The van der Waals surface area contributed by atoms with E-state index in [0.717, 1.165) is 0 Å². The van der Waals surface area contributed by atoms with Crippen molar-refractivity contribution in [2.24, 2.45) is 5.73 Å². The molecule has 0 aliphatic carbocycles. The summed E-state index contributed by atoms with van der Waals surface area (Å²) in [5.41, 5.74) is -2.07. The number of H-pyrrole nitrogens is 1. The summed E-state index contributed by atoms with van der Waals surface area (Å²) in [5.74, 6) is -2.18. The first kappa shape index (κ1) is 23.0. The molecule has 1 heterocycles. The first-order chi connectivity index (χ1) is 13.2. The molecule has 0 saturated heterocycles. The second-order valence-corrected chi connectivity index (χ2v) is 7.03. The zero-order chi connectivity index (χ0) is 22.1. The molecule has 6 nitrogen and oxygen atoms in total. The predicted octanol–water partition coefficient (Wildman–Crippen LogP) is 4.82. The van der Waals surface area contributed by atoms with Gasteiger partial charge in [0.2, 0.25) is 12.0 Å². The van der Waals surface area contributed by atoms with Crippen LogP contribution in [-0.2, 0) is 11.0 Å². The van der Waals surface area contributed by atoms with Crippen LogP contribution >= 0.6 is 35.0 Å². The van der Waals surface area contributed by atoms with Crippen LogP contribution in [0.1, 0.15) is 22.9 Å². The van der Waals surface area contributed by atoms with E-state index in [9.17, 15) is 31.1 Å². The molecule has 1 amide bonds. The molecule has 0 radical (unpaired) electrons.